The SMILES string of the molecule is CCOc1cncc(-c2cc(F)ccc2[C@H]2Cc3nc(N)ncc3C(=O)N2)n1. The van der Waals surface area contributed by atoms with E-state index in [-0.39, 0.29) is 11.9 Å². The first kappa shape index (κ1) is 17.8. The van der Waals surface area contributed by atoms with Gasteiger partial charge in [-0.3, -0.25) is 9.78 Å². The van der Waals surface area contributed by atoms with Crippen molar-refractivity contribution in [3.8, 4) is 17.1 Å². The highest BCUT2D eigenvalue weighted by Gasteiger charge is 2.29. The highest BCUT2D eigenvalue weighted by molar-refractivity contribution is 5.96. The summed E-state index contributed by atoms with van der Waals surface area (Å²) in [7, 11) is 0. The lowest BCUT2D eigenvalue weighted by molar-refractivity contribution is 0.0923. The van der Waals surface area contributed by atoms with Gasteiger partial charge in [0.25, 0.3) is 5.91 Å². The molecule has 0 aliphatic carbocycles. The van der Waals surface area contributed by atoms with Gasteiger partial charge in [-0.25, -0.2) is 19.3 Å². The van der Waals surface area contributed by atoms with E-state index in [4.69, 9.17) is 10.5 Å². The van der Waals surface area contributed by atoms with Crippen molar-refractivity contribution in [3.05, 3.63) is 59.4 Å². The van der Waals surface area contributed by atoms with Crippen molar-refractivity contribution in [1.29, 1.82) is 0 Å². The van der Waals surface area contributed by atoms with Gasteiger partial charge < -0.3 is 15.8 Å². The molecule has 2 aromatic heterocycles. The van der Waals surface area contributed by atoms with Gasteiger partial charge in [0.2, 0.25) is 11.8 Å². The average Bonchev–Trinajstić information content (AvgIpc) is 2.68. The van der Waals surface area contributed by atoms with Crippen LogP contribution in [-0.2, 0) is 6.42 Å². The van der Waals surface area contributed by atoms with Gasteiger partial charge in [-0.1, -0.05) is 6.07 Å². The Kier molecular flexibility index (Phi) is 4.56. The molecule has 8 nitrogen and oxygen atoms in total. The van der Waals surface area contributed by atoms with Gasteiger partial charge in [0, 0.05) is 18.2 Å². The summed E-state index contributed by atoms with van der Waals surface area (Å²) in [5, 5.41) is 2.92. The Hall–Kier alpha value is -3.62. The van der Waals surface area contributed by atoms with Crippen LogP contribution in [0.4, 0.5) is 10.3 Å². The van der Waals surface area contributed by atoms with E-state index < -0.39 is 11.9 Å². The maximum absolute atomic E-state index is 14.0. The summed E-state index contributed by atoms with van der Waals surface area (Å²) in [5.74, 6) is -0.289. The number of nitrogen functional groups attached to an aromatic ring is 1. The van der Waals surface area contributed by atoms with E-state index in [1.807, 2.05) is 6.92 Å². The van der Waals surface area contributed by atoms with E-state index in [9.17, 15) is 9.18 Å². The van der Waals surface area contributed by atoms with Crippen molar-refractivity contribution in [2.24, 2.45) is 0 Å². The molecule has 0 fully saturated rings. The van der Waals surface area contributed by atoms with Crippen LogP contribution < -0.4 is 15.8 Å². The molecule has 9 heteroatoms. The molecular formula is C19H17FN6O2. The smallest absolute Gasteiger partial charge is 0.255 e. The summed E-state index contributed by atoms with van der Waals surface area (Å²) in [6, 6.07) is 3.90. The van der Waals surface area contributed by atoms with Crippen LogP contribution in [0.1, 0.15) is 34.6 Å². The first-order valence-electron chi connectivity index (χ1n) is 8.72. The van der Waals surface area contributed by atoms with Gasteiger partial charge in [0.1, 0.15) is 5.82 Å². The molecule has 1 aliphatic rings. The third-order valence-corrected chi connectivity index (χ3v) is 4.41. The maximum Gasteiger partial charge on any atom is 0.255 e. The minimum Gasteiger partial charge on any atom is -0.477 e. The average molecular weight is 380 g/mol. The monoisotopic (exact) mass is 380 g/mol. The third kappa shape index (κ3) is 3.34. The van der Waals surface area contributed by atoms with Gasteiger partial charge in [-0.05, 0) is 24.6 Å². The molecule has 1 atom stereocenters. The molecule has 3 heterocycles. The summed E-state index contributed by atoms with van der Waals surface area (Å²) in [4.78, 5) is 29.1. The van der Waals surface area contributed by atoms with Crippen LogP contribution in [0.25, 0.3) is 11.3 Å². The fourth-order valence-corrected chi connectivity index (χ4v) is 3.20. The van der Waals surface area contributed by atoms with E-state index in [1.165, 1.54) is 30.7 Å². The van der Waals surface area contributed by atoms with E-state index in [2.05, 4.69) is 25.3 Å². The number of aromatic nitrogens is 4. The zero-order valence-corrected chi connectivity index (χ0v) is 15.0. The minimum atomic E-state index is -0.428. The molecule has 0 bridgehead atoms. The molecule has 28 heavy (non-hydrogen) atoms. The van der Waals surface area contributed by atoms with Crippen LogP contribution in [0.15, 0.2) is 36.8 Å². The van der Waals surface area contributed by atoms with Crippen molar-refractivity contribution in [1.82, 2.24) is 25.3 Å². The number of halogens is 1. The number of hydrogen-bond acceptors (Lipinski definition) is 7. The number of nitrogens with two attached hydrogens (primary N) is 1. The lowest BCUT2D eigenvalue weighted by atomic mass is 9.91. The summed E-state index contributed by atoms with van der Waals surface area (Å²) >= 11 is 0. The number of amides is 1. The van der Waals surface area contributed by atoms with Gasteiger partial charge in [0.15, 0.2) is 0 Å². The molecule has 0 saturated heterocycles. The first-order chi connectivity index (χ1) is 13.5. The van der Waals surface area contributed by atoms with Crippen LogP contribution in [0.3, 0.4) is 0 Å². The first-order valence-corrected chi connectivity index (χ1v) is 8.72. The van der Waals surface area contributed by atoms with Crippen molar-refractivity contribution < 1.29 is 13.9 Å². The van der Waals surface area contributed by atoms with E-state index in [0.717, 1.165) is 0 Å². The fraction of sp³-hybridized carbons (Fsp3) is 0.211. The number of carbonyl (C=O) groups excluding carboxylic acids is 1. The highest BCUT2D eigenvalue weighted by Crippen LogP contribution is 2.32. The van der Waals surface area contributed by atoms with Crippen molar-refractivity contribution in [2.75, 3.05) is 12.3 Å². The topological polar surface area (TPSA) is 116 Å². The zero-order valence-electron chi connectivity index (χ0n) is 15.0. The second kappa shape index (κ2) is 7.18. The number of nitrogens with zero attached hydrogens (tertiary/aromatic N) is 4. The Morgan fingerprint density at radius 3 is 2.93 bits per heavy atom. The van der Waals surface area contributed by atoms with Crippen LogP contribution in [0.5, 0.6) is 5.88 Å². The van der Waals surface area contributed by atoms with Crippen molar-refractivity contribution in [3.63, 3.8) is 0 Å². The second-order valence-electron chi connectivity index (χ2n) is 6.23. The number of benzene rings is 1. The van der Waals surface area contributed by atoms with E-state index >= 15 is 0 Å². The van der Waals surface area contributed by atoms with Crippen LogP contribution in [-0.4, -0.2) is 32.4 Å². The molecule has 0 radical (unpaired) electrons. The molecule has 3 aromatic rings. The van der Waals surface area contributed by atoms with Gasteiger partial charge in [-0.15, -0.1) is 0 Å². The van der Waals surface area contributed by atoms with Crippen molar-refractivity contribution in [2.45, 2.75) is 19.4 Å². The number of carbonyl (C=O) groups is 1. The van der Waals surface area contributed by atoms with Crippen molar-refractivity contribution >= 4 is 11.9 Å². The normalized spacial score (nSPS) is 15.6. The summed E-state index contributed by atoms with van der Waals surface area (Å²) in [6.45, 7) is 2.27. The number of fused-ring (bicyclic) bond motifs is 1. The Labute approximate surface area is 160 Å². The molecule has 0 unspecified atom stereocenters. The molecule has 0 spiro atoms. The number of rotatable bonds is 4. The van der Waals surface area contributed by atoms with Gasteiger partial charge >= 0.3 is 0 Å². The molecule has 142 valence electrons. The van der Waals surface area contributed by atoms with Crippen LogP contribution in [0, 0.1) is 5.82 Å². The Morgan fingerprint density at radius 2 is 2.11 bits per heavy atom. The molecule has 4 rings (SSSR count). The predicted molar refractivity (Wildman–Crippen MR) is 99.0 cm³/mol. The molecular weight excluding hydrogens is 363 g/mol. The largest absolute Gasteiger partial charge is 0.477 e. The number of ether oxygens (including phenoxy) is 1. The number of hydrogen-bond donors (Lipinski definition) is 2. The Balaban J connectivity index is 1.77. The highest BCUT2D eigenvalue weighted by atomic mass is 19.1. The summed E-state index contributed by atoms with van der Waals surface area (Å²) in [5.41, 5.74) is 8.25. The van der Waals surface area contributed by atoms with Crippen LogP contribution in [0.2, 0.25) is 0 Å². The summed E-state index contributed by atoms with van der Waals surface area (Å²) in [6.07, 6.45) is 4.82. The summed E-state index contributed by atoms with van der Waals surface area (Å²) < 4.78 is 19.4. The molecule has 1 aromatic carbocycles. The Bertz CT molecular complexity index is 1060. The second-order valence-corrected chi connectivity index (χ2v) is 6.23. The molecule has 0 saturated carbocycles. The van der Waals surface area contributed by atoms with Gasteiger partial charge in [0.05, 0.1) is 42.0 Å². The van der Waals surface area contributed by atoms with Crippen LogP contribution >= 0.6 is 0 Å². The molecule has 1 amide bonds. The standard InChI is InChI=1S/C19H17FN6O2/c1-2-28-17-9-22-8-16(24-17)12-5-10(20)3-4-11(12)14-6-15-13(18(27)25-14)7-23-19(21)26-15/h3-5,7-9,14H,2,6H2,1H3,(H,25,27)(H2,21,23,26)/t14-/m1/s1. The molecule has 1 aliphatic heterocycles. The quantitative estimate of drug-likeness (QED) is 0.712. The third-order valence-electron chi connectivity index (χ3n) is 4.41. The van der Waals surface area contributed by atoms with E-state index in [0.29, 0.717) is 47.0 Å². The zero-order chi connectivity index (χ0) is 19.7. The lowest BCUT2D eigenvalue weighted by Crippen LogP contribution is -2.36. The predicted octanol–water partition coefficient (Wildman–Crippen LogP) is 2.08. The maximum atomic E-state index is 14.0. The molecule has 3 N–H and O–H groups in total. The van der Waals surface area contributed by atoms with E-state index in [1.54, 1.807) is 6.07 Å². The van der Waals surface area contributed by atoms with Gasteiger partial charge in [-0.2, -0.15) is 0 Å². The lowest BCUT2D eigenvalue weighted by Gasteiger charge is -2.26. The fourth-order valence-electron chi connectivity index (χ4n) is 3.20. The number of anilines is 1. The Morgan fingerprint density at radius 1 is 1.25 bits per heavy atom. The number of nitrogens with one attached hydrogen (secondary N) is 1. The minimum absolute atomic E-state index is 0.0989.